The molecule has 0 amide bonds. The second kappa shape index (κ2) is 11.3. The Hall–Kier alpha value is -2.53. The number of unbranched alkanes of at least 4 members (excludes halogenated alkanes) is 1. The molecule has 0 aliphatic rings. The molecule has 0 saturated heterocycles. The van der Waals surface area contributed by atoms with Crippen LogP contribution in [0.5, 0.6) is 11.5 Å². The first-order valence-corrected chi connectivity index (χ1v) is 9.74. The SMILES string of the molecule is CCC(C)C(=O)OCCCCOc1ccc(C(=O)Oc2ccc(Cl)cc2)cc1. The molecule has 0 heterocycles. The summed E-state index contributed by atoms with van der Waals surface area (Å²) in [6.45, 7) is 4.74. The molecule has 0 bridgehead atoms. The summed E-state index contributed by atoms with van der Waals surface area (Å²) in [6, 6.07) is 13.3. The molecule has 6 heteroatoms. The van der Waals surface area contributed by atoms with Crippen molar-refractivity contribution in [3.8, 4) is 11.5 Å². The standard InChI is InChI=1S/C22H25ClO5/c1-3-16(2)21(24)27-15-5-4-14-26-19-10-6-17(7-11-19)22(25)28-20-12-8-18(23)9-13-20/h6-13,16H,3-5,14-15H2,1-2H3. The van der Waals surface area contributed by atoms with Gasteiger partial charge in [0.15, 0.2) is 0 Å². The number of ether oxygens (including phenoxy) is 3. The van der Waals surface area contributed by atoms with Crippen molar-refractivity contribution in [3.05, 3.63) is 59.1 Å². The number of esters is 2. The van der Waals surface area contributed by atoms with Gasteiger partial charge in [0.2, 0.25) is 0 Å². The van der Waals surface area contributed by atoms with Gasteiger partial charge in [-0.15, -0.1) is 0 Å². The zero-order valence-corrected chi connectivity index (χ0v) is 16.9. The molecule has 150 valence electrons. The fraction of sp³-hybridized carbons (Fsp3) is 0.364. The molecule has 2 aromatic carbocycles. The number of rotatable bonds is 10. The molecule has 0 aliphatic carbocycles. The lowest BCUT2D eigenvalue weighted by atomic mass is 10.1. The van der Waals surface area contributed by atoms with Crippen LogP contribution in [-0.2, 0) is 9.53 Å². The number of hydrogen-bond donors (Lipinski definition) is 0. The van der Waals surface area contributed by atoms with E-state index in [9.17, 15) is 9.59 Å². The molecule has 0 fully saturated rings. The average molecular weight is 405 g/mol. The van der Waals surface area contributed by atoms with Crippen molar-refractivity contribution in [2.45, 2.75) is 33.1 Å². The second-order valence-electron chi connectivity index (χ2n) is 6.40. The van der Waals surface area contributed by atoms with Crippen LogP contribution in [0.1, 0.15) is 43.5 Å². The quantitative estimate of drug-likeness (QED) is 0.305. The molecule has 0 saturated carbocycles. The number of halogens is 1. The number of carbonyl (C=O) groups is 2. The van der Waals surface area contributed by atoms with Crippen LogP contribution in [0.4, 0.5) is 0 Å². The molecule has 2 rings (SSSR count). The van der Waals surface area contributed by atoms with Gasteiger partial charge in [0.05, 0.1) is 24.7 Å². The smallest absolute Gasteiger partial charge is 0.343 e. The molecular weight excluding hydrogens is 380 g/mol. The van der Waals surface area contributed by atoms with Crippen LogP contribution in [0.15, 0.2) is 48.5 Å². The third-order valence-corrected chi connectivity index (χ3v) is 4.43. The topological polar surface area (TPSA) is 61.8 Å². The van der Waals surface area contributed by atoms with Gasteiger partial charge in [-0.2, -0.15) is 0 Å². The van der Waals surface area contributed by atoms with E-state index in [-0.39, 0.29) is 11.9 Å². The number of carbonyl (C=O) groups excluding carboxylic acids is 2. The summed E-state index contributed by atoms with van der Waals surface area (Å²) in [5.74, 6) is 0.450. The van der Waals surface area contributed by atoms with E-state index < -0.39 is 5.97 Å². The van der Waals surface area contributed by atoms with Crippen LogP contribution in [0, 0.1) is 5.92 Å². The number of benzene rings is 2. The van der Waals surface area contributed by atoms with Crippen LogP contribution in [0.2, 0.25) is 5.02 Å². The van der Waals surface area contributed by atoms with E-state index in [1.165, 1.54) is 0 Å². The summed E-state index contributed by atoms with van der Waals surface area (Å²) in [7, 11) is 0. The van der Waals surface area contributed by atoms with E-state index >= 15 is 0 Å². The van der Waals surface area contributed by atoms with Crippen LogP contribution in [-0.4, -0.2) is 25.2 Å². The third-order valence-electron chi connectivity index (χ3n) is 4.18. The molecule has 5 nitrogen and oxygen atoms in total. The molecule has 1 atom stereocenters. The Kier molecular flexibility index (Phi) is 8.82. The first-order valence-electron chi connectivity index (χ1n) is 9.37. The van der Waals surface area contributed by atoms with Crippen LogP contribution < -0.4 is 9.47 Å². The lowest BCUT2D eigenvalue weighted by molar-refractivity contribution is -0.148. The highest BCUT2D eigenvalue weighted by Gasteiger charge is 2.11. The monoisotopic (exact) mass is 404 g/mol. The van der Waals surface area contributed by atoms with Crippen LogP contribution >= 0.6 is 11.6 Å². The van der Waals surface area contributed by atoms with E-state index in [1.807, 2.05) is 13.8 Å². The molecule has 0 aliphatic heterocycles. The highest BCUT2D eigenvalue weighted by Crippen LogP contribution is 2.18. The Morgan fingerprint density at radius 1 is 0.929 bits per heavy atom. The Morgan fingerprint density at radius 3 is 2.18 bits per heavy atom. The summed E-state index contributed by atoms with van der Waals surface area (Å²) in [5.41, 5.74) is 0.430. The van der Waals surface area contributed by atoms with Gasteiger partial charge in [0.25, 0.3) is 0 Å². The van der Waals surface area contributed by atoms with Crippen molar-refractivity contribution in [2.24, 2.45) is 5.92 Å². The van der Waals surface area contributed by atoms with E-state index in [4.69, 9.17) is 25.8 Å². The molecule has 28 heavy (non-hydrogen) atoms. The van der Waals surface area contributed by atoms with Gasteiger partial charge in [0, 0.05) is 5.02 Å². The van der Waals surface area contributed by atoms with Crippen molar-refractivity contribution in [2.75, 3.05) is 13.2 Å². The van der Waals surface area contributed by atoms with E-state index in [0.717, 1.165) is 19.3 Å². The highest BCUT2D eigenvalue weighted by atomic mass is 35.5. The first kappa shape index (κ1) is 21.8. The van der Waals surface area contributed by atoms with Crippen molar-refractivity contribution < 1.29 is 23.8 Å². The van der Waals surface area contributed by atoms with Crippen molar-refractivity contribution in [3.63, 3.8) is 0 Å². The fourth-order valence-electron chi connectivity index (χ4n) is 2.23. The van der Waals surface area contributed by atoms with E-state index in [1.54, 1.807) is 48.5 Å². The Balaban J connectivity index is 1.68. The second-order valence-corrected chi connectivity index (χ2v) is 6.84. The normalized spacial score (nSPS) is 11.5. The number of hydrogen-bond acceptors (Lipinski definition) is 5. The van der Waals surface area contributed by atoms with Crippen molar-refractivity contribution >= 4 is 23.5 Å². The Bertz CT molecular complexity index is 756. The van der Waals surface area contributed by atoms with Gasteiger partial charge in [-0.05, 0) is 67.8 Å². The van der Waals surface area contributed by atoms with Gasteiger partial charge in [-0.3, -0.25) is 4.79 Å². The molecule has 2 aromatic rings. The molecule has 0 radical (unpaired) electrons. The summed E-state index contributed by atoms with van der Waals surface area (Å²) in [4.78, 5) is 23.7. The zero-order chi connectivity index (χ0) is 20.4. The summed E-state index contributed by atoms with van der Waals surface area (Å²) >= 11 is 5.81. The molecule has 0 N–H and O–H groups in total. The lowest BCUT2D eigenvalue weighted by Crippen LogP contribution is -2.15. The maximum Gasteiger partial charge on any atom is 0.343 e. The average Bonchev–Trinajstić information content (AvgIpc) is 2.71. The summed E-state index contributed by atoms with van der Waals surface area (Å²) in [5, 5.41) is 0.579. The lowest BCUT2D eigenvalue weighted by Gasteiger charge is -2.10. The van der Waals surface area contributed by atoms with E-state index in [0.29, 0.717) is 35.3 Å². The predicted octanol–water partition coefficient (Wildman–Crippen LogP) is 5.31. The largest absolute Gasteiger partial charge is 0.494 e. The van der Waals surface area contributed by atoms with Crippen molar-refractivity contribution in [1.29, 1.82) is 0 Å². The van der Waals surface area contributed by atoms with Gasteiger partial charge in [-0.1, -0.05) is 25.4 Å². The fourth-order valence-corrected chi connectivity index (χ4v) is 2.36. The van der Waals surface area contributed by atoms with Gasteiger partial charge in [0.1, 0.15) is 11.5 Å². The maximum atomic E-state index is 12.1. The minimum Gasteiger partial charge on any atom is -0.494 e. The molecule has 1 unspecified atom stereocenters. The third kappa shape index (κ3) is 7.24. The van der Waals surface area contributed by atoms with Crippen molar-refractivity contribution in [1.82, 2.24) is 0 Å². The Morgan fingerprint density at radius 2 is 1.54 bits per heavy atom. The molecule has 0 spiro atoms. The minimum atomic E-state index is -0.447. The van der Waals surface area contributed by atoms with E-state index in [2.05, 4.69) is 0 Å². The Labute approximate surface area is 170 Å². The highest BCUT2D eigenvalue weighted by molar-refractivity contribution is 6.30. The predicted molar refractivity (Wildman–Crippen MR) is 108 cm³/mol. The minimum absolute atomic E-state index is 0.0545. The van der Waals surface area contributed by atoms with Gasteiger partial charge < -0.3 is 14.2 Å². The van der Waals surface area contributed by atoms with Gasteiger partial charge >= 0.3 is 11.9 Å². The molecular formula is C22H25ClO5. The summed E-state index contributed by atoms with van der Waals surface area (Å²) in [6.07, 6.45) is 2.30. The maximum absolute atomic E-state index is 12.1. The zero-order valence-electron chi connectivity index (χ0n) is 16.2. The summed E-state index contributed by atoms with van der Waals surface area (Å²) < 4.78 is 16.1. The first-order chi connectivity index (χ1) is 13.5. The van der Waals surface area contributed by atoms with Crippen LogP contribution in [0.3, 0.4) is 0 Å². The van der Waals surface area contributed by atoms with Gasteiger partial charge in [-0.25, -0.2) is 4.79 Å². The van der Waals surface area contributed by atoms with Crippen LogP contribution in [0.25, 0.3) is 0 Å². The molecule has 0 aromatic heterocycles.